The summed E-state index contributed by atoms with van der Waals surface area (Å²) in [7, 11) is 0. The van der Waals surface area contributed by atoms with Gasteiger partial charge in [0.1, 0.15) is 5.75 Å². The normalized spacial score (nSPS) is 20.1. The Labute approximate surface area is 212 Å². The monoisotopic (exact) mass is 471 g/mol. The van der Waals surface area contributed by atoms with E-state index in [1.807, 2.05) is 37.3 Å². The molecule has 1 aliphatic carbocycles. The lowest BCUT2D eigenvalue weighted by atomic mass is 9.72. The lowest BCUT2D eigenvalue weighted by molar-refractivity contribution is -0.129. The topological polar surface area (TPSA) is 38.3 Å². The molecule has 3 nitrogen and oxygen atoms in total. The van der Waals surface area contributed by atoms with Gasteiger partial charge in [-0.3, -0.25) is 0 Å². The van der Waals surface area contributed by atoms with Gasteiger partial charge in [-0.25, -0.2) is 4.79 Å². The molecule has 0 aromatic heterocycles. The number of esters is 1. The summed E-state index contributed by atoms with van der Waals surface area (Å²) in [6.07, 6.45) is 17.9. The third kappa shape index (κ3) is 7.21. The van der Waals surface area contributed by atoms with E-state index in [0.29, 0.717) is 5.75 Å². The predicted octanol–water partition coefficient (Wildman–Crippen LogP) is 8.73. The molecule has 0 bridgehead atoms. The molecule has 0 fully saturated rings. The zero-order chi connectivity index (χ0) is 25.8. The first-order valence-electron chi connectivity index (χ1n) is 12.6. The summed E-state index contributed by atoms with van der Waals surface area (Å²) >= 11 is 0. The first-order chi connectivity index (χ1) is 16.4. The Morgan fingerprint density at radius 2 is 1.80 bits per heavy atom. The number of benzene rings is 1. The SMILES string of the molecule is CC1=CC(C)(C)Nc2ccc(OC(=O)\C=C(C)/C=C\C=C(C)/C=C/C3=C(C)CCCC3(C)C)cc21. The molecule has 35 heavy (non-hydrogen) atoms. The average molecular weight is 472 g/mol. The second kappa shape index (κ2) is 10.7. The van der Waals surface area contributed by atoms with Gasteiger partial charge in [-0.15, -0.1) is 0 Å². The first-order valence-corrected chi connectivity index (χ1v) is 12.6. The van der Waals surface area contributed by atoms with Crippen LogP contribution in [0, 0.1) is 5.41 Å². The van der Waals surface area contributed by atoms with Crippen molar-refractivity contribution >= 4 is 17.2 Å². The van der Waals surface area contributed by atoms with Crippen LogP contribution in [0.4, 0.5) is 5.69 Å². The summed E-state index contributed by atoms with van der Waals surface area (Å²) < 4.78 is 5.58. The Hall–Kier alpha value is -3.07. The Balaban J connectivity index is 1.61. The molecule has 3 rings (SSSR count). The molecule has 1 aliphatic heterocycles. The molecule has 0 saturated heterocycles. The largest absolute Gasteiger partial charge is 0.423 e. The number of ether oxygens (including phenoxy) is 1. The Bertz CT molecular complexity index is 1170. The third-order valence-electron chi connectivity index (χ3n) is 6.79. The van der Waals surface area contributed by atoms with E-state index in [0.717, 1.165) is 16.8 Å². The summed E-state index contributed by atoms with van der Waals surface area (Å²) in [5, 5.41) is 3.49. The summed E-state index contributed by atoms with van der Waals surface area (Å²) in [6.45, 7) is 17.3. The van der Waals surface area contributed by atoms with Crippen molar-refractivity contribution < 1.29 is 9.53 Å². The molecule has 0 atom stereocenters. The van der Waals surface area contributed by atoms with E-state index in [9.17, 15) is 4.79 Å². The molecular formula is C32H41NO2. The maximum atomic E-state index is 12.4. The summed E-state index contributed by atoms with van der Waals surface area (Å²) in [6, 6.07) is 5.73. The minimum absolute atomic E-state index is 0.0905. The minimum atomic E-state index is -0.375. The quantitative estimate of drug-likeness (QED) is 0.195. The highest BCUT2D eigenvalue weighted by atomic mass is 16.5. The number of anilines is 1. The number of nitrogens with one attached hydrogen (secondary N) is 1. The van der Waals surface area contributed by atoms with Crippen molar-refractivity contribution in [2.75, 3.05) is 5.32 Å². The van der Waals surface area contributed by atoms with Crippen LogP contribution in [0.3, 0.4) is 0 Å². The van der Waals surface area contributed by atoms with E-state index < -0.39 is 0 Å². The fourth-order valence-corrected chi connectivity index (χ4v) is 5.04. The van der Waals surface area contributed by atoms with Gasteiger partial charge in [-0.1, -0.05) is 61.4 Å². The summed E-state index contributed by atoms with van der Waals surface area (Å²) in [4.78, 5) is 12.4. The van der Waals surface area contributed by atoms with Crippen LogP contribution >= 0.6 is 0 Å². The maximum absolute atomic E-state index is 12.4. The van der Waals surface area contributed by atoms with Gasteiger partial charge in [0.15, 0.2) is 0 Å². The van der Waals surface area contributed by atoms with Crippen molar-refractivity contribution in [1.82, 2.24) is 0 Å². The minimum Gasteiger partial charge on any atom is -0.423 e. The van der Waals surface area contributed by atoms with E-state index in [1.54, 1.807) is 0 Å². The average Bonchev–Trinajstić information content (AvgIpc) is 2.72. The van der Waals surface area contributed by atoms with E-state index >= 15 is 0 Å². The van der Waals surface area contributed by atoms with Crippen LogP contribution in [0.5, 0.6) is 5.75 Å². The number of carbonyl (C=O) groups excluding carboxylic acids is 1. The lowest BCUT2D eigenvalue weighted by Gasteiger charge is -2.32. The molecule has 2 aliphatic rings. The Morgan fingerprint density at radius 1 is 1.06 bits per heavy atom. The molecule has 3 heteroatoms. The van der Waals surface area contributed by atoms with Crippen molar-refractivity contribution in [3.8, 4) is 5.75 Å². The highest BCUT2D eigenvalue weighted by molar-refractivity contribution is 5.86. The van der Waals surface area contributed by atoms with E-state index in [-0.39, 0.29) is 16.9 Å². The predicted molar refractivity (Wildman–Crippen MR) is 150 cm³/mol. The molecule has 1 N–H and O–H groups in total. The number of fused-ring (bicyclic) bond motifs is 1. The molecule has 1 aromatic rings. The zero-order valence-corrected chi connectivity index (χ0v) is 22.7. The second-order valence-electron chi connectivity index (χ2n) is 11.2. The van der Waals surface area contributed by atoms with Crippen LogP contribution < -0.4 is 10.1 Å². The second-order valence-corrected chi connectivity index (χ2v) is 11.2. The van der Waals surface area contributed by atoms with Gasteiger partial charge in [0.2, 0.25) is 0 Å². The molecule has 1 aromatic carbocycles. The van der Waals surface area contributed by atoms with E-state index in [4.69, 9.17) is 4.74 Å². The van der Waals surface area contributed by atoms with Gasteiger partial charge in [-0.2, -0.15) is 0 Å². The van der Waals surface area contributed by atoms with Crippen LogP contribution in [0.2, 0.25) is 0 Å². The fourth-order valence-electron chi connectivity index (χ4n) is 5.04. The summed E-state index contributed by atoms with van der Waals surface area (Å²) in [5.74, 6) is 0.174. The summed E-state index contributed by atoms with van der Waals surface area (Å²) in [5.41, 5.74) is 8.42. The number of hydrogen-bond donors (Lipinski definition) is 1. The van der Waals surface area contributed by atoms with Crippen molar-refractivity contribution in [3.05, 3.63) is 88.6 Å². The maximum Gasteiger partial charge on any atom is 0.336 e. The van der Waals surface area contributed by atoms with E-state index in [1.165, 1.54) is 47.6 Å². The first kappa shape index (κ1) is 26.5. The molecule has 0 unspecified atom stereocenters. The Morgan fingerprint density at radius 3 is 2.51 bits per heavy atom. The molecular weight excluding hydrogens is 430 g/mol. The van der Waals surface area contributed by atoms with Gasteiger partial charge in [0.05, 0.1) is 5.54 Å². The molecule has 1 heterocycles. The van der Waals surface area contributed by atoms with Gasteiger partial charge < -0.3 is 10.1 Å². The van der Waals surface area contributed by atoms with Gasteiger partial charge >= 0.3 is 5.97 Å². The van der Waals surface area contributed by atoms with Crippen molar-refractivity contribution in [2.24, 2.45) is 5.41 Å². The van der Waals surface area contributed by atoms with Gasteiger partial charge in [0.25, 0.3) is 0 Å². The molecule has 0 radical (unpaired) electrons. The molecule has 0 amide bonds. The molecule has 0 saturated carbocycles. The lowest BCUT2D eigenvalue weighted by Crippen LogP contribution is -2.31. The van der Waals surface area contributed by atoms with Crippen LogP contribution in [0.25, 0.3) is 5.57 Å². The highest BCUT2D eigenvalue weighted by Gasteiger charge is 2.26. The number of allylic oxidation sites excluding steroid dienone is 10. The van der Waals surface area contributed by atoms with Crippen LogP contribution in [0.15, 0.2) is 83.0 Å². The number of carbonyl (C=O) groups is 1. The zero-order valence-electron chi connectivity index (χ0n) is 22.7. The fraction of sp³-hybridized carbons (Fsp3) is 0.406. The standard InChI is InChI=1S/C32H41NO2/c1-22(14-16-28-24(3)13-10-18-31(28,5)6)11-9-12-23(2)19-30(34)35-26-15-17-29-27(20-26)25(4)21-32(7,8)33-29/h9,11-12,14-17,19-21,33H,10,13,18H2,1-8H3/b12-9-,16-14+,22-11-,23-19-. The van der Waals surface area contributed by atoms with E-state index in [2.05, 4.69) is 78.1 Å². The van der Waals surface area contributed by atoms with Gasteiger partial charge in [-0.05, 0) is 101 Å². The Kier molecular flexibility index (Phi) is 8.10. The van der Waals surface area contributed by atoms with Crippen LogP contribution in [-0.2, 0) is 4.79 Å². The number of hydrogen-bond acceptors (Lipinski definition) is 3. The van der Waals surface area contributed by atoms with Crippen molar-refractivity contribution in [3.63, 3.8) is 0 Å². The van der Waals surface area contributed by atoms with Crippen LogP contribution in [0.1, 0.15) is 80.2 Å². The number of rotatable bonds is 6. The molecule has 0 spiro atoms. The third-order valence-corrected chi connectivity index (χ3v) is 6.79. The highest BCUT2D eigenvalue weighted by Crippen LogP contribution is 2.41. The van der Waals surface area contributed by atoms with Crippen molar-refractivity contribution in [1.29, 1.82) is 0 Å². The molecule has 186 valence electrons. The van der Waals surface area contributed by atoms with Gasteiger partial charge in [0, 0.05) is 17.3 Å². The van der Waals surface area contributed by atoms with Crippen molar-refractivity contribution in [2.45, 2.75) is 80.2 Å². The van der Waals surface area contributed by atoms with Crippen LogP contribution in [-0.4, -0.2) is 11.5 Å². The smallest absolute Gasteiger partial charge is 0.336 e.